The molecule has 0 saturated carbocycles. The summed E-state index contributed by atoms with van der Waals surface area (Å²) in [7, 11) is 1.52. The third-order valence-electron chi connectivity index (χ3n) is 6.39. The van der Waals surface area contributed by atoms with Crippen molar-refractivity contribution in [2.75, 3.05) is 12.4 Å². The number of anilines is 1. The minimum atomic E-state index is -0.735. The summed E-state index contributed by atoms with van der Waals surface area (Å²) in [6.07, 6.45) is 4.25. The zero-order valence-corrected chi connectivity index (χ0v) is 22.0. The molecule has 40 heavy (non-hydrogen) atoms. The van der Waals surface area contributed by atoms with Crippen LogP contribution in [0.5, 0.6) is 23.0 Å². The molecule has 0 radical (unpaired) electrons. The minimum Gasteiger partial charge on any atom is -0.506 e. The number of hydrogen-bond donors (Lipinski definition) is 2. The van der Waals surface area contributed by atoms with Gasteiger partial charge in [-0.1, -0.05) is 0 Å². The third kappa shape index (κ3) is 4.98. The molecule has 0 aliphatic heterocycles. The Morgan fingerprint density at radius 1 is 0.900 bits per heavy atom. The molecule has 0 spiro atoms. The summed E-state index contributed by atoms with van der Waals surface area (Å²) < 4.78 is 39.8. The van der Waals surface area contributed by atoms with Gasteiger partial charge in [0, 0.05) is 47.5 Å². The van der Waals surface area contributed by atoms with Crippen LogP contribution >= 0.6 is 0 Å². The number of aromatic nitrogens is 3. The van der Waals surface area contributed by atoms with Crippen molar-refractivity contribution in [2.24, 2.45) is 0 Å². The Morgan fingerprint density at radius 2 is 1.65 bits per heavy atom. The van der Waals surface area contributed by atoms with E-state index >= 15 is 4.39 Å². The molecule has 0 fully saturated rings. The number of aromatic hydroxyl groups is 1. The average Bonchev–Trinajstić information content (AvgIpc) is 2.91. The second-order valence-corrected chi connectivity index (χ2v) is 9.15. The molecule has 3 aromatic heterocycles. The van der Waals surface area contributed by atoms with Gasteiger partial charge in [0.05, 0.1) is 18.8 Å². The Hall–Kier alpha value is -5.12. The van der Waals surface area contributed by atoms with Crippen LogP contribution in [0.2, 0.25) is 0 Å². The van der Waals surface area contributed by atoms with Crippen molar-refractivity contribution in [1.82, 2.24) is 15.0 Å². The van der Waals surface area contributed by atoms with Gasteiger partial charge < -0.3 is 19.9 Å². The van der Waals surface area contributed by atoms with Crippen LogP contribution in [0, 0.1) is 32.4 Å². The number of carbonyl (C=O) groups excluding carboxylic acids is 1. The fourth-order valence-electron chi connectivity index (χ4n) is 4.52. The highest BCUT2D eigenvalue weighted by molar-refractivity contribution is 6.07. The summed E-state index contributed by atoms with van der Waals surface area (Å²) in [5, 5.41) is 13.6. The number of methoxy groups -OCH3 is 1. The second-order valence-electron chi connectivity index (χ2n) is 9.15. The van der Waals surface area contributed by atoms with Gasteiger partial charge in [-0.15, -0.1) is 0 Å². The number of ether oxygens (including phenoxy) is 2. The number of amides is 1. The normalized spacial score (nSPS) is 10.9. The SMILES string of the molecule is COc1cnc2c(Oc3ccc(NC(=O)c4cnc(C)c(-c5c(C)cc(F)cc5C)c4O)cc3F)ccnc2c1. The van der Waals surface area contributed by atoms with Crippen LogP contribution in [0.3, 0.4) is 0 Å². The Morgan fingerprint density at radius 3 is 2.35 bits per heavy atom. The Labute approximate surface area is 228 Å². The first-order valence-electron chi connectivity index (χ1n) is 12.2. The summed E-state index contributed by atoms with van der Waals surface area (Å²) in [5.74, 6) is -1.42. The minimum absolute atomic E-state index is 0.0903. The molecule has 0 bridgehead atoms. The van der Waals surface area contributed by atoms with Gasteiger partial charge in [-0.25, -0.2) is 13.8 Å². The van der Waals surface area contributed by atoms with Gasteiger partial charge >= 0.3 is 0 Å². The lowest BCUT2D eigenvalue weighted by molar-refractivity contribution is 0.102. The van der Waals surface area contributed by atoms with E-state index in [1.165, 1.54) is 50.0 Å². The first-order chi connectivity index (χ1) is 19.2. The number of fused-ring (bicyclic) bond motifs is 1. The lowest BCUT2D eigenvalue weighted by atomic mass is 9.92. The van der Waals surface area contributed by atoms with Crippen LogP contribution < -0.4 is 14.8 Å². The maximum absolute atomic E-state index is 15.0. The maximum atomic E-state index is 15.0. The first-order valence-corrected chi connectivity index (χ1v) is 12.2. The highest BCUT2D eigenvalue weighted by atomic mass is 19.1. The number of benzene rings is 2. The Bertz CT molecular complexity index is 1770. The summed E-state index contributed by atoms with van der Waals surface area (Å²) in [6.45, 7) is 5.11. The van der Waals surface area contributed by atoms with Gasteiger partial charge in [0.2, 0.25) is 0 Å². The van der Waals surface area contributed by atoms with Crippen molar-refractivity contribution >= 4 is 22.6 Å². The van der Waals surface area contributed by atoms with Crippen LogP contribution in [0.15, 0.2) is 61.1 Å². The predicted molar refractivity (Wildman–Crippen MR) is 146 cm³/mol. The zero-order valence-electron chi connectivity index (χ0n) is 22.0. The van der Waals surface area contributed by atoms with E-state index in [1.807, 2.05) is 0 Å². The number of halogens is 2. The lowest BCUT2D eigenvalue weighted by Crippen LogP contribution is -2.13. The van der Waals surface area contributed by atoms with E-state index < -0.39 is 17.5 Å². The molecule has 0 aliphatic carbocycles. The number of rotatable bonds is 6. The average molecular weight is 543 g/mol. The molecule has 0 aliphatic rings. The zero-order chi connectivity index (χ0) is 28.6. The van der Waals surface area contributed by atoms with E-state index in [2.05, 4.69) is 20.3 Å². The fraction of sp³-hybridized carbons (Fsp3) is 0.133. The van der Waals surface area contributed by atoms with Crippen molar-refractivity contribution in [3.63, 3.8) is 0 Å². The molecule has 5 aromatic rings. The van der Waals surface area contributed by atoms with Gasteiger partial charge in [-0.05, 0) is 61.7 Å². The number of nitrogens with one attached hydrogen (secondary N) is 1. The third-order valence-corrected chi connectivity index (χ3v) is 6.39. The quantitative estimate of drug-likeness (QED) is 0.247. The molecule has 0 saturated heterocycles. The van der Waals surface area contributed by atoms with Gasteiger partial charge in [-0.2, -0.15) is 0 Å². The summed E-state index contributed by atoms with van der Waals surface area (Å²) in [5.41, 5.74) is 3.51. The monoisotopic (exact) mass is 542 g/mol. The highest BCUT2D eigenvalue weighted by Crippen LogP contribution is 2.39. The van der Waals surface area contributed by atoms with E-state index in [-0.39, 0.29) is 28.5 Å². The molecule has 202 valence electrons. The molecule has 8 nitrogen and oxygen atoms in total. The topological polar surface area (TPSA) is 106 Å². The highest BCUT2D eigenvalue weighted by Gasteiger charge is 2.22. The van der Waals surface area contributed by atoms with Gasteiger partial charge in [0.15, 0.2) is 17.3 Å². The van der Waals surface area contributed by atoms with Crippen molar-refractivity contribution in [3.8, 4) is 34.1 Å². The first kappa shape index (κ1) is 26.5. The predicted octanol–water partition coefficient (Wildman–Crippen LogP) is 6.65. The molecule has 5 rings (SSSR count). The maximum Gasteiger partial charge on any atom is 0.261 e. The van der Waals surface area contributed by atoms with E-state index in [0.29, 0.717) is 44.7 Å². The number of aryl methyl sites for hydroxylation is 3. The molecule has 0 unspecified atom stereocenters. The number of pyridine rings is 3. The van der Waals surface area contributed by atoms with Crippen molar-refractivity contribution in [1.29, 1.82) is 0 Å². The standard InChI is InChI=1S/C30H24F2N4O4/c1-15-9-18(31)10-16(2)26(15)27-17(3)34-14-21(29(27)37)30(38)36-19-5-6-24(22(32)11-19)40-25-7-8-33-23-12-20(39-4)13-35-28(23)25/h5-14H,1-4H3,(H,34,37)(H,36,38). The fourth-order valence-corrected chi connectivity index (χ4v) is 4.52. The van der Waals surface area contributed by atoms with Crippen LogP contribution in [-0.2, 0) is 0 Å². The van der Waals surface area contributed by atoms with E-state index in [4.69, 9.17) is 9.47 Å². The summed E-state index contributed by atoms with van der Waals surface area (Å²) in [6, 6.07) is 9.87. The number of carbonyl (C=O) groups is 1. The van der Waals surface area contributed by atoms with Crippen LogP contribution in [0.4, 0.5) is 14.5 Å². The molecule has 2 aromatic carbocycles. The van der Waals surface area contributed by atoms with Crippen LogP contribution in [0.1, 0.15) is 27.2 Å². The lowest BCUT2D eigenvalue weighted by Gasteiger charge is -2.16. The van der Waals surface area contributed by atoms with E-state index in [9.17, 15) is 14.3 Å². The van der Waals surface area contributed by atoms with Gasteiger partial charge in [0.1, 0.15) is 28.4 Å². The van der Waals surface area contributed by atoms with Crippen molar-refractivity contribution in [3.05, 3.63) is 95.1 Å². The summed E-state index contributed by atoms with van der Waals surface area (Å²) >= 11 is 0. The number of hydrogen-bond acceptors (Lipinski definition) is 7. The Kier molecular flexibility index (Phi) is 7.00. The number of nitrogens with zero attached hydrogens (tertiary/aromatic N) is 3. The van der Waals surface area contributed by atoms with Gasteiger partial charge in [-0.3, -0.25) is 14.8 Å². The smallest absolute Gasteiger partial charge is 0.261 e. The largest absolute Gasteiger partial charge is 0.506 e. The van der Waals surface area contributed by atoms with E-state index in [1.54, 1.807) is 32.9 Å². The van der Waals surface area contributed by atoms with Crippen molar-refractivity contribution in [2.45, 2.75) is 20.8 Å². The van der Waals surface area contributed by atoms with Crippen molar-refractivity contribution < 1.29 is 28.2 Å². The van der Waals surface area contributed by atoms with E-state index in [0.717, 1.165) is 6.07 Å². The Balaban J connectivity index is 1.41. The molecule has 10 heteroatoms. The van der Waals surface area contributed by atoms with Crippen LogP contribution in [0.25, 0.3) is 22.2 Å². The van der Waals surface area contributed by atoms with Crippen LogP contribution in [-0.4, -0.2) is 33.1 Å². The summed E-state index contributed by atoms with van der Waals surface area (Å²) in [4.78, 5) is 25.9. The molecular weight excluding hydrogens is 518 g/mol. The van der Waals surface area contributed by atoms with Gasteiger partial charge in [0.25, 0.3) is 5.91 Å². The molecule has 2 N–H and O–H groups in total. The molecule has 3 heterocycles. The molecular formula is C30H24F2N4O4. The molecule has 1 amide bonds. The second kappa shape index (κ2) is 10.6. The molecule has 0 atom stereocenters.